The standard InChI is InChI=1S/C9H15N5O3/c1-6(3-4-15)13-9-7(14(16)17)8(10-2)11-5-12-9/h5-6,15H,3-4H2,1-2H3,(H2,10,11,12,13). The Hall–Kier alpha value is -1.96. The van der Waals surface area contributed by atoms with E-state index in [0.717, 1.165) is 0 Å². The molecule has 1 unspecified atom stereocenters. The molecule has 1 rings (SSSR count). The summed E-state index contributed by atoms with van der Waals surface area (Å²) in [5.74, 6) is 0.305. The predicted octanol–water partition coefficient (Wildman–Crippen LogP) is 0.609. The van der Waals surface area contributed by atoms with Crippen molar-refractivity contribution in [1.82, 2.24) is 9.97 Å². The SMILES string of the molecule is CNc1ncnc(NC(C)CCO)c1[N+](=O)[O-]. The first kappa shape index (κ1) is 13.1. The van der Waals surface area contributed by atoms with E-state index in [1.807, 2.05) is 0 Å². The fraction of sp³-hybridized carbons (Fsp3) is 0.556. The summed E-state index contributed by atoms with van der Waals surface area (Å²) in [6.07, 6.45) is 1.73. The normalized spacial score (nSPS) is 11.9. The summed E-state index contributed by atoms with van der Waals surface area (Å²) in [6.45, 7) is 1.81. The predicted molar refractivity (Wildman–Crippen MR) is 63.0 cm³/mol. The highest BCUT2D eigenvalue weighted by Gasteiger charge is 2.22. The lowest BCUT2D eigenvalue weighted by atomic mass is 10.2. The Labute approximate surface area is 98.2 Å². The van der Waals surface area contributed by atoms with Gasteiger partial charge in [-0.05, 0) is 13.3 Å². The molecule has 0 aliphatic carbocycles. The molecule has 17 heavy (non-hydrogen) atoms. The van der Waals surface area contributed by atoms with Gasteiger partial charge in [-0.25, -0.2) is 9.97 Å². The first-order valence-electron chi connectivity index (χ1n) is 5.14. The van der Waals surface area contributed by atoms with Gasteiger partial charge in [0.05, 0.1) is 4.92 Å². The summed E-state index contributed by atoms with van der Waals surface area (Å²) >= 11 is 0. The molecule has 8 nitrogen and oxygen atoms in total. The lowest BCUT2D eigenvalue weighted by Crippen LogP contribution is -2.19. The average molecular weight is 241 g/mol. The molecule has 0 spiro atoms. The van der Waals surface area contributed by atoms with Gasteiger partial charge in [0, 0.05) is 19.7 Å². The molecule has 0 fully saturated rings. The maximum Gasteiger partial charge on any atom is 0.353 e. The smallest absolute Gasteiger partial charge is 0.353 e. The van der Waals surface area contributed by atoms with Crippen LogP contribution in [0.4, 0.5) is 17.3 Å². The minimum absolute atomic E-state index is 0.00589. The van der Waals surface area contributed by atoms with Crippen molar-refractivity contribution in [2.75, 3.05) is 24.3 Å². The Morgan fingerprint density at radius 2 is 2.18 bits per heavy atom. The van der Waals surface area contributed by atoms with Crippen LogP contribution in [0.5, 0.6) is 0 Å². The molecule has 0 aliphatic rings. The zero-order valence-electron chi connectivity index (χ0n) is 9.67. The summed E-state index contributed by atoms with van der Waals surface area (Å²) in [6, 6.07) is -0.113. The monoisotopic (exact) mass is 241 g/mol. The minimum atomic E-state index is -0.542. The molecule has 0 radical (unpaired) electrons. The molecule has 1 atom stereocenters. The molecule has 0 aliphatic heterocycles. The van der Waals surface area contributed by atoms with E-state index in [-0.39, 0.29) is 30.0 Å². The third kappa shape index (κ3) is 3.25. The van der Waals surface area contributed by atoms with Gasteiger partial charge in [0.1, 0.15) is 6.33 Å². The summed E-state index contributed by atoms with van der Waals surface area (Å²) in [7, 11) is 1.55. The third-order valence-corrected chi connectivity index (χ3v) is 2.19. The number of nitrogens with zero attached hydrogens (tertiary/aromatic N) is 3. The number of aliphatic hydroxyl groups is 1. The maximum atomic E-state index is 10.9. The number of nitro groups is 1. The highest BCUT2D eigenvalue weighted by molar-refractivity contribution is 5.69. The van der Waals surface area contributed by atoms with Gasteiger partial charge in [-0.3, -0.25) is 10.1 Å². The van der Waals surface area contributed by atoms with Gasteiger partial charge < -0.3 is 15.7 Å². The number of hydrogen-bond acceptors (Lipinski definition) is 7. The molecule has 0 saturated heterocycles. The average Bonchev–Trinajstić information content (AvgIpc) is 2.28. The molecule has 1 aromatic rings. The van der Waals surface area contributed by atoms with Gasteiger partial charge in [0.25, 0.3) is 0 Å². The third-order valence-electron chi connectivity index (χ3n) is 2.19. The fourth-order valence-corrected chi connectivity index (χ4v) is 1.34. The molecular weight excluding hydrogens is 226 g/mol. The Kier molecular flexibility index (Phi) is 4.58. The van der Waals surface area contributed by atoms with Crippen LogP contribution in [0.25, 0.3) is 0 Å². The molecule has 0 aromatic carbocycles. The van der Waals surface area contributed by atoms with E-state index in [2.05, 4.69) is 20.6 Å². The molecule has 0 amide bonds. The molecular formula is C9H15N5O3. The Bertz CT molecular complexity index is 398. The van der Waals surface area contributed by atoms with E-state index in [1.54, 1.807) is 14.0 Å². The van der Waals surface area contributed by atoms with Gasteiger partial charge in [-0.2, -0.15) is 0 Å². The maximum absolute atomic E-state index is 10.9. The second-order valence-corrected chi connectivity index (χ2v) is 3.48. The zero-order valence-corrected chi connectivity index (χ0v) is 9.67. The molecule has 3 N–H and O–H groups in total. The lowest BCUT2D eigenvalue weighted by molar-refractivity contribution is -0.383. The Morgan fingerprint density at radius 1 is 1.53 bits per heavy atom. The summed E-state index contributed by atoms with van der Waals surface area (Å²) in [5, 5.41) is 25.2. The second kappa shape index (κ2) is 5.94. The number of nitrogens with one attached hydrogen (secondary N) is 2. The summed E-state index contributed by atoms with van der Waals surface area (Å²) < 4.78 is 0. The van der Waals surface area contributed by atoms with E-state index < -0.39 is 4.92 Å². The van der Waals surface area contributed by atoms with Gasteiger partial charge in [-0.1, -0.05) is 0 Å². The molecule has 0 saturated carbocycles. The van der Waals surface area contributed by atoms with Crippen LogP contribution < -0.4 is 10.6 Å². The van der Waals surface area contributed by atoms with Crippen molar-refractivity contribution < 1.29 is 10.0 Å². The van der Waals surface area contributed by atoms with Crippen LogP contribution in [0.1, 0.15) is 13.3 Å². The number of aromatic nitrogens is 2. The minimum Gasteiger partial charge on any atom is -0.396 e. The summed E-state index contributed by atoms with van der Waals surface area (Å²) in [5.41, 5.74) is -0.195. The quantitative estimate of drug-likeness (QED) is 0.494. The van der Waals surface area contributed by atoms with Crippen molar-refractivity contribution in [2.24, 2.45) is 0 Å². The number of hydrogen-bond donors (Lipinski definition) is 3. The first-order chi connectivity index (χ1) is 8.10. The van der Waals surface area contributed by atoms with Crippen LogP contribution in [0.2, 0.25) is 0 Å². The molecule has 1 heterocycles. The number of rotatable bonds is 6. The first-order valence-corrected chi connectivity index (χ1v) is 5.14. The van der Waals surface area contributed by atoms with Crippen LogP contribution in [0, 0.1) is 10.1 Å². The van der Waals surface area contributed by atoms with E-state index in [1.165, 1.54) is 6.33 Å². The van der Waals surface area contributed by atoms with Crippen molar-refractivity contribution in [1.29, 1.82) is 0 Å². The van der Waals surface area contributed by atoms with E-state index in [4.69, 9.17) is 5.11 Å². The van der Waals surface area contributed by atoms with Crippen LogP contribution in [0.3, 0.4) is 0 Å². The van der Waals surface area contributed by atoms with E-state index in [9.17, 15) is 10.1 Å². The molecule has 1 aromatic heterocycles. The molecule has 94 valence electrons. The molecule has 0 bridgehead atoms. The van der Waals surface area contributed by atoms with E-state index >= 15 is 0 Å². The highest BCUT2D eigenvalue weighted by Crippen LogP contribution is 2.28. The van der Waals surface area contributed by atoms with Crippen LogP contribution in [-0.2, 0) is 0 Å². The summed E-state index contributed by atoms with van der Waals surface area (Å²) in [4.78, 5) is 18.0. The highest BCUT2D eigenvalue weighted by atomic mass is 16.6. The van der Waals surface area contributed by atoms with E-state index in [0.29, 0.717) is 6.42 Å². The van der Waals surface area contributed by atoms with Crippen LogP contribution in [-0.4, -0.2) is 39.7 Å². The van der Waals surface area contributed by atoms with Crippen molar-refractivity contribution >= 4 is 17.3 Å². The zero-order chi connectivity index (χ0) is 12.8. The lowest BCUT2D eigenvalue weighted by Gasteiger charge is -2.13. The topological polar surface area (TPSA) is 113 Å². The van der Waals surface area contributed by atoms with Gasteiger partial charge >= 0.3 is 5.69 Å². The largest absolute Gasteiger partial charge is 0.396 e. The van der Waals surface area contributed by atoms with Crippen molar-refractivity contribution in [3.8, 4) is 0 Å². The Morgan fingerprint density at radius 3 is 2.71 bits per heavy atom. The van der Waals surface area contributed by atoms with Gasteiger partial charge in [0.15, 0.2) is 0 Å². The van der Waals surface area contributed by atoms with Gasteiger partial charge in [0.2, 0.25) is 11.6 Å². The van der Waals surface area contributed by atoms with Crippen LogP contribution in [0.15, 0.2) is 6.33 Å². The second-order valence-electron chi connectivity index (χ2n) is 3.48. The van der Waals surface area contributed by atoms with Crippen molar-refractivity contribution in [2.45, 2.75) is 19.4 Å². The van der Waals surface area contributed by atoms with Crippen LogP contribution >= 0.6 is 0 Å². The molecule has 8 heteroatoms. The van der Waals surface area contributed by atoms with Crippen molar-refractivity contribution in [3.63, 3.8) is 0 Å². The van der Waals surface area contributed by atoms with Gasteiger partial charge in [-0.15, -0.1) is 0 Å². The van der Waals surface area contributed by atoms with Crippen molar-refractivity contribution in [3.05, 3.63) is 16.4 Å². The number of anilines is 2. The Balaban J connectivity index is 3.02. The fourth-order valence-electron chi connectivity index (χ4n) is 1.34. The number of aliphatic hydroxyl groups excluding tert-OH is 1.